The van der Waals surface area contributed by atoms with Crippen LogP contribution < -0.4 is 5.32 Å². The van der Waals surface area contributed by atoms with Crippen LogP contribution in [0.4, 0.5) is 0 Å². The highest BCUT2D eigenvalue weighted by atomic mass is 32.2. The maximum absolute atomic E-state index is 10.4. The fraction of sp³-hybridized carbons (Fsp3) is 1.00. The molecule has 1 spiro atoms. The summed E-state index contributed by atoms with van der Waals surface area (Å²) in [6, 6.07) is 0. The molecule has 112 valence electrons. The standard InChI is InChI=1S/C15H29NO2S/c1-12(2)10-16-11-14(17)13-3-6-18-15(9-13)4-7-19-8-5-15/h12-14,16-17H,3-11H2,1-2H3. The molecule has 2 rings (SSSR count). The first kappa shape index (κ1) is 15.6. The van der Waals surface area contributed by atoms with Crippen LogP contribution in [0, 0.1) is 11.8 Å². The Labute approximate surface area is 121 Å². The van der Waals surface area contributed by atoms with E-state index in [-0.39, 0.29) is 11.7 Å². The van der Waals surface area contributed by atoms with Gasteiger partial charge in [-0.25, -0.2) is 0 Å². The first-order valence-electron chi connectivity index (χ1n) is 7.72. The Morgan fingerprint density at radius 3 is 2.74 bits per heavy atom. The Morgan fingerprint density at radius 1 is 1.32 bits per heavy atom. The molecule has 0 aliphatic carbocycles. The van der Waals surface area contributed by atoms with Crippen LogP contribution >= 0.6 is 11.8 Å². The van der Waals surface area contributed by atoms with Gasteiger partial charge in [-0.15, -0.1) is 0 Å². The lowest BCUT2D eigenvalue weighted by Gasteiger charge is -2.44. The van der Waals surface area contributed by atoms with Gasteiger partial charge in [0.2, 0.25) is 0 Å². The average molecular weight is 287 g/mol. The Balaban J connectivity index is 1.79. The molecule has 0 aromatic rings. The predicted octanol–water partition coefficient (Wildman–Crippen LogP) is 2.29. The van der Waals surface area contributed by atoms with Crippen LogP contribution in [-0.2, 0) is 4.74 Å². The number of nitrogens with one attached hydrogen (secondary N) is 1. The molecule has 0 aromatic heterocycles. The van der Waals surface area contributed by atoms with E-state index in [1.807, 2.05) is 11.8 Å². The van der Waals surface area contributed by atoms with E-state index in [2.05, 4.69) is 19.2 Å². The van der Waals surface area contributed by atoms with Gasteiger partial charge in [0, 0.05) is 13.2 Å². The maximum Gasteiger partial charge on any atom is 0.0701 e. The van der Waals surface area contributed by atoms with Crippen molar-refractivity contribution in [3.63, 3.8) is 0 Å². The molecule has 2 saturated heterocycles. The van der Waals surface area contributed by atoms with Gasteiger partial charge in [0.1, 0.15) is 0 Å². The molecule has 2 unspecified atom stereocenters. The highest BCUT2D eigenvalue weighted by molar-refractivity contribution is 7.99. The Morgan fingerprint density at radius 2 is 2.05 bits per heavy atom. The molecule has 0 saturated carbocycles. The van der Waals surface area contributed by atoms with Gasteiger partial charge in [0.25, 0.3) is 0 Å². The van der Waals surface area contributed by atoms with Crippen molar-refractivity contribution in [2.75, 3.05) is 31.2 Å². The van der Waals surface area contributed by atoms with Crippen molar-refractivity contribution in [2.24, 2.45) is 11.8 Å². The molecule has 3 nitrogen and oxygen atoms in total. The average Bonchev–Trinajstić information content (AvgIpc) is 2.39. The summed E-state index contributed by atoms with van der Waals surface area (Å²) in [5, 5.41) is 13.8. The Bertz CT molecular complexity index is 261. The molecule has 0 aromatic carbocycles. The second-order valence-corrected chi connectivity index (χ2v) is 7.74. The van der Waals surface area contributed by atoms with Crippen LogP contribution in [0.15, 0.2) is 0 Å². The van der Waals surface area contributed by atoms with Gasteiger partial charge < -0.3 is 15.2 Å². The lowest BCUT2D eigenvalue weighted by Crippen LogP contribution is -2.47. The van der Waals surface area contributed by atoms with Gasteiger partial charge >= 0.3 is 0 Å². The molecule has 2 fully saturated rings. The molecule has 2 N–H and O–H groups in total. The lowest BCUT2D eigenvalue weighted by molar-refractivity contribution is -0.120. The van der Waals surface area contributed by atoms with Gasteiger partial charge in [0.15, 0.2) is 0 Å². The summed E-state index contributed by atoms with van der Waals surface area (Å²) >= 11 is 2.03. The molecule has 2 atom stereocenters. The van der Waals surface area contributed by atoms with E-state index >= 15 is 0 Å². The first-order valence-corrected chi connectivity index (χ1v) is 8.87. The molecule has 4 heteroatoms. The van der Waals surface area contributed by atoms with Crippen molar-refractivity contribution in [1.29, 1.82) is 0 Å². The summed E-state index contributed by atoms with van der Waals surface area (Å²) in [6.07, 6.45) is 4.19. The summed E-state index contributed by atoms with van der Waals surface area (Å²) in [6.45, 7) is 6.94. The zero-order chi connectivity index (χ0) is 13.7. The lowest BCUT2D eigenvalue weighted by atomic mass is 9.79. The van der Waals surface area contributed by atoms with Crippen LogP contribution in [0.5, 0.6) is 0 Å². The minimum Gasteiger partial charge on any atom is -0.392 e. The second kappa shape index (κ2) is 7.30. The highest BCUT2D eigenvalue weighted by Crippen LogP contribution is 2.40. The first-order chi connectivity index (χ1) is 9.11. The van der Waals surface area contributed by atoms with E-state index in [1.165, 1.54) is 24.3 Å². The summed E-state index contributed by atoms with van der Waals surface area (Å²) in [5.41, 5.74) is 0.0905. The molecule has 2 aliphatic rings. The molecule has 2 aliphatic heterocycles. The van der Waals surface area contributed by atoms with Crippen LogP contribution in [0.3, 0.4) is 0 Å². The van der Waals surface area contributed by atoms with Gasteiger partial charge in [0.05, 0.1) is 11.7 Å². The predicted molar refractivity (Wildman–Crippen MR) is 81.7 cm³/mol. The van der Waals surface area contributed by atoms with Crippen molar-refractivity contribution >= 4 is 11.8 Å². The number of ether oxygens (including phenoxy) is 1. The summed E-state index contributed by atoms with van der Waals surface area (Å²) < 4.78 is 6.08. The third-order valence-electron chi connectivity index (χ3n) is 4.39. The fourth-order valence-corrected chi connectivity index (χ4v) is 4.41. The van der Waals surface area contributed by atoms with Gasteiger partial charge in [-0.2, -0.15) is 11.8 Å². The van der Waals surface area contributed by atoms with Crippen molar-refractivity contribution < 1.29 is 9.84 Å². The molecule has 0 radical (unpaired) electrons. The molecule has 0 amide bonds. The normalized spacial score (nSPS) is 28.7. The van der Waals surface area contributed by atoms with Crippen LogP contribution in [0.1, 0.15) is 39.5 Å². The number of hydrogen-bond acceptors (Lipinski definition) is 4. The number of aliphatic hydroxyl groups excluding tert-OH is 1. The molecule has 0 bridgehead atoms. The number of rotatable bonds is 5. The van der Waals surface area contributed by atoms with E-state index in [4.69, 9.17) is 4.74 Å². The smallest absolute Gasteiger partial charge is 0.0701 e. The minimum atomic E-state index is -0.214. The van der Waals surface area contributed by atoms with Gasteiger partial charge in [-0.05, 0) is 55.6 Å². The Kier molecular flexibility index (Phi) is 6.00. The molecule has 2 heterocycles. The van der Waals surface area contributed by atoms with Crippen LogP contribution in [0.25, 0.3) is 0 Å². The summed E-state index contributed by atoms with van der Waals surface area (Å²) in [4.78, 5) is 0. The highest BCUT2D eigenvalue weighted by Gasteiger charge is 2.40. The SMILES string of the molecule is CC(C)CNCC(O)C1CCOC2(CCSCC2)C1. The van der Waals surface area contributed by atoms with Crippen molar-refractivity contribution in [1.82, 2.24) is 5.32 Å². The van der Waals surface area contributed by atoms with Gasteiger partial charge in [-0.3, -0.25) is 0 Å². The quantitative estimate of drug-likeness (QED) is 0.814. The largest absolute Gasteiger partial charge is 0.392 e. The second-order valence-electron chi connectivity index (χ2n) is 6.52. The monoisotopic (exact) mass is 287 g/mol. The van der Waals surface area contributed by atoms with E-state index in [1.54, 1.807) is 0 Å². The van der Waals surface area contributed by atoms with Crippen LogP contribution in [0.2, 0.25) is 0 Å². The molecular weight excluding hydrogens is 258 g/mol. The van der Waals surface area contributed by atoms with Crippen molar-refractivity contribution in [3.8, 4) is 0 Å². The number of hydrogen-bond donors (Lipinski definition) is 2. The topological polar surface area (TPSA) is 41.5 Å². The van der Waals surface area contributed by atoms with E-state index < -0.39 is 0 Å². The van der Waals surface area contributed by atoms with Gasteiger partial charge in [-0.1, -0.05) is 13.8 Å². The van der Waals surface area contributed by atoms with E-state index in [0.717, 1.165) is 32.5 Å². The number of thioether (sulfide) groups is 1. The van der Waals surface area contributed by atoms with Crippen LogP contribution in [-0.4, -0.2) is 48.0 Å². The third kappa shape index (κ3) is 4.62. The van der Waals surface area contributed by atoms with E-state index in [0.29, 0.717) is 11.8 Å². The van der Waals surface area contributed by atoms with E-state index in [9.17, 15) is 5.11 Å². The molecular formula is C15H29NO2S. The van der Waals surface area contributed by atoms with Crippen molar-refractivity contribution in [3.05, 3.63) is 0 Å². The zero-order valence-electron chi connectivity index (χ0n) is 12.4. The minimum absolute atomic E-state index is 0.0905. The maximum atomic E-state index is 10.4. The fourth-order valence-electron chi connectivity index (χ4n) is 3.17. The summed E-state index contributed by atoms with van der Waals surface area (Å²) in [7, 11) is 0. The summed E-state index contributed by atoms with van der Waals surface area (Å²) in [5.74, 6) is 3.49. The molecule has 19 heavy (non-hydrogen) atoms. The zero-order valence-corrected chi connectivity index (χ0v) is 13.2. The van der Waals surface area contributed by atoms with Crippen molar-refractivity contribution in [2.45, 2.75) is 51.2 Å². The third-order valence-corrected chi connectivity index (χ3v) is 5.37. The number of aliphatic hydroxyl groups is 1. The Hall–Kier alpha value is 0.230.